The predicted octanol–water partition coefficient (Wildman–Crippen LogP) is 1.34. The minimum Gasteiger partial charge on any atom is -0.324 e. The van der Waals surface area contributed by atoms with E-state index in [0.29, 0.717) is 0 Å². The van der Waals surface area contributed by atoms with Crippen LogP contribution in [-0.4, -0.2) is 20.3 Å². The predicted molar refractivity (Wildman–Crippen MR) is 72.8 cm³/mol. The molecule has 1 amide bonds. The van der Waals surface area contributed by atoms with Crippen molar-refractivity contribution in [1.82, 2.24) is 14.3 Å². The van der Waals surface area contributed by atoms with Crippen LogP contribution in [0.3, 0.4) is 0 Å². The molecule has 7 nitrogen and oxygen atoms in total. The van der Waals surface area contributed by atoms with Crippen molar-refractivity contribution in [3.05, 3.63) is 40.1 Å². The summed E-state index contributed by atoms with van der Waals surface area (Å²) in [5.74, 6) is -1.13. The summed E-state index contributed by atoms with van der Waals surface area (Å²) in [5, 5.41) is 14.9. The lowest BCUT2D eigenvalue weighted by Crippen LogP contribution is -2.23. The third-order valence-electron chi connectivity index (χ3n) is 2.87. The Balaban J connectivity index is 2.67. The first kappa shape index (κ1) is 15.4. The molecule has 0 saturated heterocycles. The highest BCUT2D eigenvalue weighted by atomic mass is 19.3. The number of alkyl halides is 2. The lowest BCUT2D eigenvalue weighted by atomic mass is 10.2. The van der Waals surface area contributed by atoms with Crippen LogP contribution in [0.5, 0.6) is 0 Å². The molecule has 0 unspecified atom stereocenters. The smallest absolute Gasteiger partial charge is 0.324 e. The van der Waals surface area contributed by atoms with Gasteiger partial charge in [0, 0.05) is 14.0 Å². The molecule has 0 fully saturated rings. The number of aromatic nitrogens is 3. The van der Waals surface area contributed by atoms with Crippen molar-refractivity contribution in [2.45, 2.75) is 13.3 Å². The molecule has 1 heterocycles. The molecule has 0 aliphatic heterocycles. The molecular weight excluding hydrogens is 296 g/mol. The van der Waals surface area contributed by atoms with Gasteiger partial charge in [0.2, 0.25) is 11.7 Å². The van der Waals surface area contributed by atoms with Gasteiger partial charge in [-0.2, -0.15) is 9.94 Å². The van der Waals surface area contributed by atoms with E-state index in [1.54, 1.807) is 0 Å². The van der Waals surface area contributed by atoms with Gasteiger partial charge < -0.3 is 5.32 Å². The number of nitriles is 1. The van der Waals surface area contributed by atoms with E-state index in [9.17, 15) is 18.4 Å². The summed E-state index contributed by atoms with van der Waals surface area (Å²) in [6, 6.07) is 5.96. The van der Waals surface area contributed by atoms with Crippen LogP contribution in [-0.2, 0) is 11.8 Å². The zero-order chi connectivity index (χ0) is 16.4. The van der Waals surface area contributed by atoms with E-state index < -0.39 is 23.8 Å². The van der Waals surface area contributed by atoms with E-state index in [2.05, 4.69) is 10.4 Å². The Hall–Kier alpha value is -3.02. The van der Waals surface area contributed by atoms with Crippen LogP contribution in [0.25, 0.3) is 5.69 Å². The van der Waals surface area contributed by atoms with E-state index in [1.807, 2.05) is 6.07 Å². The first-order valence-electron chi connectivity index (χ1n) is 6.11. The number of nitrogens with one attached hydrogen (secondary N) is 1. The maximum absolute atomic E-state index is 12.8. The average molecular weight is 307 g/mol. The molecule has 2 aromatic rings. The Morgan fingerprint density at radius 3 is 2.64 bits per heavy atom. The van der Waals surface area contributed by atoms with Crippen LogP contribution in [0.1, 0.15) is 24.7 Å². The zero-order valence-corrected chi connectivity index (χ0v) is 11.7. The summed E-state index contributed by atoms with van der Waals surface area (Å²) in [4.78, 5) is 23.3. The molecule has 1 aromatic heterocycles. The van der Waals surface area contributed by atoms with Crippen molar-refractivity contribution in [3.8, 4) is 11.8 Å². The fraction of sp³-hybridized carbons (Fsp3) is 0.231. The normalized spacial score (nSPS) is 10.5. The van der Waals surface area contributed by atoms with Gasteiger partial charge in [0.1, 0.15) is 0 Å². The molecule has 22 heavy (non-hydrogen) atoms. The second kappa shape index (κ2) is 5.77. The third-order valence-corrected chi connectivity index (χ3v) is 2.87. The number of benzene rings is 1. The fourth-order valence-electron chi connectivity index (χ4n) is 1.88. The lowest BCUT2D eigenvalue weighted by Gasteiger charge is -2.09. The molecule has 114 valence electrons. The second-order valence-electron chi connectivity index (χ2n) is 4.44. The van der Waals surface area contributed by atoms with Crippen molar-refractivity contribution >= 4 is 11.6 Å². The van der Waals surface area contributed by atoms with E-state index in [1.165, 1.54) is 32.2 Å². The third kappa shape index (κ3) is 2.71. The second-order valence-corrected chi connectivity index (χ2v) is 4.44. The number of hydrogen-bond acceptors (Lipinski definition) is 4. The standard InChI is InChI=1S/C13H11F2N5O2/c1-7(21)17-9-5-8(6-16)3-4-10(9)20-13(22)19(2)12(18-20)11(14)15/h3-5,11H,1-2H3,(H,17,21). The largest absolute Gasteiger partial charge is 0.350 e. The monoisotopic (exact) mass is 307 g/mol. The minimum atomic E-state index is -2.92. The molecule has 1 N–H and O–H groups in total. The Labute approximate surface area is 123 Å². The van der Waals surface area contributed by atoms with Crippen molar-refractivity contribution < 1.29 is 13.6 Å². The molecule has 0 aliphatic rings. The highest BCUT2D eigenvalue weighted by molar-refractivity contribution is 5.91. The molecule has 1 aromatic carbocycles. The number of halogens is 2. The Morgan fingerprint density at radius 2 is 2.14 bits per heavy atom. The summed E-state index contributed by atoms with van der Waals surface area (Å²) < 4.78 is 27.1. The molecule has 9 heteroatoms. The molecular formula is C13H11F2N5O2. The number of hydrogen-bond donors (Lipinski definition) is 1. The average Bonchev–Trinajstić information content (AvgIpc) is 2.75. The first-order valence-corrected chi connectivity index (χ1v) is 6.11. The van der Waals surface area contributed by atoms with Gasteiger partial charge in [0.25, 0.3) is 6.43 Å². The van der Waals surface area contributed by atoms with Gasteiger partial charge in [-0.05, 0) is 18.2 Å². The highest BCUT2D eigenvalue weighted by Crippen LogP contribution is 2.22. The summed E-state index contributed by atoms with van der Waals surface area (Å²) in [6.45, 7) is 1.24. The lowest BCUT2D eigenvalue weighted by molar-refractivity contribution is -0.114. The van der Waals surface area contributed by atoms with E-state index in [-0.39, 0.29) is 16.9 Å². The van der Waals surface area contributed by atoms with Gasteiger partial charge in [-0.15, -0.1) is 5.10 Å². The van der Waals surface area contributed by atoms with Gasteiger partial charge >= 0.3 is 5.69 Å². The number of amides is 1. The van der Waals surface area contributed by atoms with Crippen LogP contribution in [0.4, 0.5) is 14.5 Å². The van der Waals surface area contributed by atoms with Crippen LogP contribution >= 0.6 is 0 Å². The summed E-state index contributed by atoms with van der Waals surface area (Å²) in [7, 11) is 1.18. The number of carbonyl (C=O) groups is 1. The van der Waals surface area contributed by atoms with Crippen LogP contribution < -0.4 is 11.0 Å². The number of rotatable bonds is 3. The molecule has 0 bridgehead atoms. The topological polar surface area (TPSA) is 92.7 Å². The SMILES string of the molecule is CC(=O)Nc1cc(C#N)ccc1-n1nc(C(F)F)n(C)c1=O. The van der Waals surface area contributed by atoms with Gasteiger partial charge in [-0.3, -0.25) is 9.36 Å². The Bertz CT molecular complexity index is 832. The van der Waals surface area contributed by atoms with Crippen molar-refractivity contribution in [2.24, 2.45) is 7.05 Å². The minimum absolute atomic E-state index is 0.0988. The summed E-state index contributed by atoms with van der Waals surface area (Å²) in [5.41, 5.74) is -0.313. The maximum Gasteiger partial charge on any atom is 0.350 e. The number of carbonyl (C=O) groups excluding carboxylic acids is 1. The van der Waals surface area contributed by atoms with Crippen molar-refractivity contribution in [2.75, 3.05) is 5.32 Å². The first-order chi connectivity index (χ1) is 10.3. The summed E-state index contributed by atoms with van der Waals surface area (Å²) in [6.07, 6.45) is -2.92. The Kier molecular flexibility index (Phi) is 4.03. The van der Waals surface area contributed by atoms with Crippen LogP contribution in [0.15, 0.2) is 23.0 Å². The van der Waals surface area contributed by atoms with Crippen molar-refractivity contribution in [3.63, 3.8) is 0 Å². The highest BCUT2D eigenvalue weighted by Gasteiger charge is 2.21. The van der Waals surface area contributed by atoms with Crippen molar-refractivity contribution in [1.29, 1.82) is 5.26 Å². The molecule has 0 radical (unpaired) electrons. The van der Waals surface area contributed by atoms with Gasteiger partial charge in [-0.25, -0.2) is 13.6 Å². The molecule has 0 atom stereocenters. The quantitative estimate of drug-likeness (QED) is 0.926. The fourth-order valence-corrected chi connectivity index (χ4v) is 1.88. The van der Waals surface area contributed by atoms with E-state index in [4.69, 9.17) is 5.26 Å². The summed E-state index contributed by atoms with van der Waals surface area (Å²) >= 11 is 0. The van der Waals surface area contributed by atoms with Gasteiger partial charge in [-0.1, -0.05) is 0 Å². The molecule has 0 saturated carbocycles. The molecule has 0 aliphatic carbocycles. The van der Waals surface area contributed by atoms with Crippen LogP contribution in [0, 0.1) is 11.3 Å². The maximum atomic E-state index is 12.8. The van der Waals surface area contributed by atoms with Gasteiger partial charge in [0.05, 0.1) is 23.0 Å². The number of anilines is 1. The molecule has 0 spiro atoms. The Morgan fingerprint density at radius 1 is 1.45 bits per heavy atom. The van der Waals surface area contributed by atoms with E-state index >= 15 is 0 Å². The van der Waals surface area contributed by atoms with E-state index in [0.717, 1.165) is 9.25 Å². The van der Waals surface area contributed by atoms with Gasteiger partial charge in [0.15, 0.2) is 0 Å². The zero-order valence-electron chi connectivity index (χ0n) is 11.7. The molecule has 2 rings (SSSR count). The number of nitrogens with zero attached hydrogens (tertiary/aromatic N) is 4. The van der Waals surface area contributed by atoms with Crippen LogP contribution in [0.2, 0.25) is 0 Å².